The van der Waals surface area contributed by atoms with E-state index in [1.165, 1.54) is 12.1 Å². The Bertz CT molecular complexity index is 439. The highest BCUT2D eigenvalue weighted by Gasteiger charge is 2.65. The maximum Gasteiger partial charge on any atom is 0.465 e. The SMILES string of the molecule is CCc1ccccc1OC(=O)C(F)(F)C(F)(F)F. The molecule has 0 N–H and O–H groups in total. The van der Waals surface area contributed by atoms with Crippen molar-refractivity contribution in [3.63, 3.8) is 0 Å². The van der Waals surface area contributed by atoms with Crippen LogP contribution in [0.15, 0.2) is 24.3 Å². The number of carbonyl (C=O) groups excluding carboxylic acids is 1. The van der Waals surface area contributed by atoms with Crippen LogP contribution in [0, 0.1) is 0 Å². The molecular weight excluding hydrogens is 259 g/mol. The van der Waals surface area contributed by atoms with Crippen LogP contribution in [0.2, 0.25) is 0 Å². The number of halogens is 5. The first-order chi connectivity index (χ1) is 8.20. The zero-order valence-corrected chi connectivity index (χ0v) is 9.22. The maximum absolute atomic E-state index is 12.6. The van der Waals surface area contributed by atoms with Gasteiger partial charge in [0, 0.05) is 0 Å². The van der Waals surface area contributed by atoms with E-state index in [-0.39, 0.29) is 5.75 Å². The molecule has 0 radical (unpaired) electrons. The second-order valence-electron chi connectivity index (χ2n) is 3.42. The average Bonchev–Trinajstić information content (AvgIpc) is 2.28. The lowest BCUT2D eigenvalue weighted by molar-refractivity contribution is -0.276. The summed E-state index contributed by atoms with van der Waals surface area (Å²) in [5.74, 6) is -8.45. The molecule has 0 spiro atoms. The third kappa shape index (κ3) is 2.77. The Balaban J connectivity index is 2.95. The van der Waals surface area contributed by atoms with E-state index in [0.717, 1.165) is 6.07 Å². The van der Waals surface area contributed by atoms with Gasteiger partial charge in [-0.2, -0.15) is 22.0 Å². The Morgan fingerprint density at radius 3 is 2.22 bits per heavy atom. The Hall–Kier alpha value is -1.66. The van der Waals surface area contributed by atoms with Crippen LogP contribution in [0.25, 0.3) is 0 Å². The summed E-state index contributed by atoms with van der Waals surface area (Å²) < 4.78 is 65.2. The zero-order chi connectivity index (χ0) is 14.0. The minimum Gasteiger partial charge on any atom is -0.422 e. The normalized spacial score (nSPS) is 12.3. The van der Waals surface area contributed by atoms with Gasteiger partial charge in [0.2, 0.25) is 0 Å². The summed E-state index contributed by atoms with van der Waals surface area (Å²) in [5, 5.41) is 0. The smallest absolute Gasteiger partial charge is 0.422 e. The Morgan fingerprint density at radius 2 is 1.72 bits per heavy atom. The van der Waals surface area contributed by atoms with Crippen molar-refractivity contribution in [2.75, 3.05) is 0 Å². The fourth-order valence-electron chi connectivity index (χ4n) is 1.18. The van der Waals surface area contributed by atoms with Crippen LogP contribution in [0.3, 0.4) is 0 Å². The summed E-state index contributed by atoms with van der Waals surface area (Å²) in [6, 6.07) is 5.54. The molecule has 0 aliphatic carbocycles. The van der Waals surface area contributed by atoms with Gasteiger partial charge in [0.15, 0.2) is 0 Å². The molecule has 0 amide bonds. The van der Waals surface area contributed by atoms with Crippen molar-refractivity contribution in [3.05, 3.63) is 29.8 Å². The molecule has 0 saturated carbocycles. The molecule has 0 bridgehead atoms. The van der Waals surface area contributed by atoms with Gasteiger partial charge in [0.1, 0.15) is 5.75 Å². The molecule has 0 saturated heterocycles. The van der Waals surface area contributed by atoms with Crippen molar-refractivity contribution in [2.45, 2.75) is 25.4 Å². The minimum absolute atomic E-state index is 0.297. The van der Waals surface area contributed by atoms with Crippen molar-refractivity contribution in [3.8, 4) is 5.75 Å². The van der Waals surface area contributed by atoms with Crippen LogP contribution in [0.4, 0.5) is 22.0 Å². The largest absolute Gasteiger partial charge is 0.465 e. The molecule has 1 aromatic rings. The molecule has 0 aliphatic rings. The van der Waals surface area contributed by atoms with E-state index in [1.54, 1.807) is 13.0 Å². The van der Waals surface area contributed by atoms with Crippen LogP contribution in [0.5, 0.6) is 5.75 Å². The summed E-state index contributed by atoms with van der Waals surface area (Å²) in [4.78, 5) is 10.9. The van der Waals surface area contributed by atoms with Crippen molar-refractivity contribution in [2.24, 2.45) is 0 Å². The topological polar surface area (TPSA) is 26.3 Å². The number of ether oxygens (including phenoxy) is 1. The molecule has 0 unspecified atom stereocenters. The lowest BCUT2D eigenvalue weighted by atomic mass is 10.1. The van der Waals surface area contributed by atoms with Crippen LogP contribution in [-0.2, 0) is 11.2 Å². The van der Waals surface area contributed by atoms with E-state index < -0.39 is 18.1 Å². The number of esters is 1. The third-order valence-electron chi connectivity index (χ3n) is 2.17. The van der Waals surface area contributed by atoms with E-state index in [2.05, 4.69) is 4.74 Å². The first-order valence-electron chi connectivity index (χ1n) is 4.95. The Kier molecular flexibility index (Phi) is 3.93. The molecule has 0 aromatic heterocycles. The molecule has 0 atom stereocenters. The number of benzene rings is 1. The summed E-state index contributed by atoms with van der Waals surface area (Å²) in [5.41, 5.74) is 0.365. The van der Waals surface area contributed by atoms with Crippen LogP contribution < -0.4 is 4.74 Å². The van der Waals surface area contributed by atoms with Crippen LogP contribution in [-0.4, -0.2) is 18.1 Å². The van der Waals surface area contributed by atoms with Gasteiger partial charge in [0.25, 0.3) is 0 Å². The molecule has 100 valence electrons. The first kappa shape index (κ1) is 14.4. The second-order valence-corrected chi connectivity index (χ2v) is 3.42. The molecular formula is C11H9F5O2. The molecule has 18 heavy (non-hydrogen) atoms. The van der Waals surface area contributed by atoms with Crippen LogP contribution >= 0.6 is 0 Å². The average molecular weight is 268 g/mol. The number of para-hydroxylation sites is 1. The maximum atomic E-state index is 12.6. The van der Waals surface area contributed by atoms with Gasteiger partial charge >= 0.3 is 18.1 Å². The van der Waals surface area contributed by atoms with Crippen molar-refractivity contribution < 1.29 is 31.5 Å². The van der Waals surface area contributed by atoms with Crippen molar-refractivity contribution in [1.82, 2.24) is 0 Å². The molecule has 0 heterocycles. The van der Waals surface area contributed by atoms with Gasteiger partial charge < -0.3 is 4.74 Å². The van der Waals surface area contributed by atoms with Gasteiger partial charge in [-0.25, -0.2) is 4.79 Å². The summed E-state index contributed by atoms with van der Waals surface area (Å²) in [6.07, 6.45) is -5.63. The van der Waals surface area contributed by atoms with Gasteiger partial charge in [-0.1, -0.05) is 25.1 Å². The lowest BCUT2D eigenvalue weighted by Gasteiger charge is -2.18. The number of hydrogen-bond donors (Lipinski definition) is 0. The Labute approximate surface area is 99.4 Å². The summed E-state index contributed by atoms with van der Waals surface area (Å²) in [7, 11) is 0. The quantitative estimate of drug-likeness (QED) is 0.477. The number of aryl methyl sites for hydroxylation is 1. The van der Waals surface area contributed by atoms with E-state index >= 15 is 0 Å². The number of alkyl halides is 5. The number of hydrogen-bond acceptors (Lipinski definition) is 2. The highest BCUT2D eigenvalue weighted by atomic mass is 19.4. The third-order valence-corrected chi connectivity index (χ3v) is 2.17. The summed E-state index contributed by atoms with van der Waals surface area (Å²) in [6.45, 7) is 1.65. The highest BCUT2D eigenvalue weighted by molar-refractivity contribution is 5.81. The predicted octanol–water partition coefficient (Wildman–Crippen LogP) is 3.35. The van der Waals surface area contributed by atoms with E-state index in [1.807, 2.05) is 0 Å². The van der Waals surface area contributed by atoms with Crippen LogP contribution in [0.1, 0.15) is 12.5 Å². The fourth-order valence-corrected chi connectivity index (χ4v) is 1.18. The molecule has 1 rings (SSSR count). The highest BCUT2D eigenvalue weighted by Crippen LogP contribution is 2.37. The molecule has 2 nitrogen and oxygen atoms in total. The Morgan fingerprint density at radius 1 is 1.17 bits per heavy atom. The molecule has 0 aliphatic heterocycles. The van der Waals surface area contributed by atoms with Gasteiger partial charge in [-0.05, 0) is 18.1 Å². The first-order valence-corrected chi connectivity index (χ1v) is 4.95. The van der Waals surface area contributed by atoms with Crippen molar-refractivity contribution in [1.29, 1.82) is 0 Å². The molecule has 7 heteroatoms. The standard InChI is InChI=1S/C11H9F5O2/c1-2-7-5-3-4-6-8(7)18-9(17)10(12,13)11(14,15)16/h3-6H,2H2,1H3. The van der Waals surface area contributed by atoms with E-state index in [4.69, 9.17) is 0 Å². The lowest BCUT2D eigenvalue weighted by Crippen LogP contribution is -2.46. The molecule has 0 fully saturated rings. The van der Waals surface area contributed by atoms with E-state index in [0.29, 0.717) is 12.0 Å². The fraction of sp³-hybridized carbons (Fsp3) is 0.364. The zero-order valence-electron chi connectivity index (χ0n) is 9.22. The summed E-state index contributed by atoms with van der Waals surface area (Å²) >= 11 is 0. The monoisotopic (exact) mass is 268 g/mol. The second kappa shape index (κ2) is 4.91. The number of rotatable bonds is 3. The van der Waals surface area contributed by atoms with Crippen molar-refractivity contribution >= 4 is 5.97 Å². The predicted molar refractivity (Wildman–Crippen MR) is 52.5 cm³/mol. The van der Waals surface area contributed by atoms with E-state index in [9.17, 15) is 26.7 Å². The molecule has 1 aromatic carbocycles. The van der Waals surface area contributed by atoms with Gasteiger partial charge in [-0.3, -0.25) is 0 Å². The van der Waals surface area contributed by atoms with Gasteiger partial charge in [0.05, 0.1) is 0 Å². The van der Waals surface area contributed by atoms with Gasteiger partial charge in [-0.15, -0.1) is 0 Å². The minimum atomic E-state index is -5.97. The number of carbonyl (C=O) groups is 1.